The van der Waals surface area contributed by atoms with Gasteiger partial charge in [0.2, 0.25) is 10.0 Å². The second-order valence-corrected chi connectivity index (χ2v) is 8.15. The van der Waals surface area contributed by atoms with Crippen molar-refractivity contribution in [2.75, 3.05) is 32.7 Å². The van der Waals surface area contributed by atoms with E-state index in [1.807, 2.05) is 13.8 Å². The second kappa shape index (κ2) is 6.19. The molecule has 0 amide bonds. The SMILES string of the molecule is CC(C)(N)CN1CCN(S(=O)(=O)c2ccc(F)cc2F)CC1. The molecule has 1 aromatic carbocycles. The van der Waals surface area contributed by atoms with Crippen LogP contribution in [0.1, 0.15) is 13.8 Å². The summed E-state index contributed by atoms with van der Waals surface area (Å²) in [5.74, 6) is -1.86. The van der Waals surface area contributed by atoms with Crippen LogP contribution in [0.4, 0.5) is 8.78 Å². The Hall–Kier alpha value is -1.09. The molecule has 124 valence electrons. The molecule has 1 fully saturated rings. The first-order valence-corrected chi connectivity index (χ1v) is 8.50. The third-order valence-corrected chi connectivity index (χ3v) is 5.41. The predicted octanol–water partition coefficient (Wildman–Crippen LogP) is 1.01. The van der Waals surface area contributed by atoms with Crippen molar-refractivity contribution in [3.63, 3.8) is 0 Å². The van der Waals surface area contributed by atoms with Gasteiger partial charge in [-0.2, -0.15) is 4.31 Å². The zero-order valence-electron chi connectivity index (χ0n) is 12.7. The highest BCUT2D eigenvalue weighted by molar-refractivity contribution is 7.89. The molecule has 0 aliphatic carbocycles. The van der Waals surface area contributed by atoms with Crippen molar-refractivity contribution in [3.05, 3.63) is 29.8 Å². The van der Waals surface area contributed by atoms with E-state index < -0.39 is 26.6 Å². The third kappa shape index (κ3) is 4.01. The molecule has 0 bridgehead atoms. The van der Waals surface area contributed by atoms with Crippen LogP contribution in [0.5, 0.6) is 0 Å². The molecule has 0 saturated carbocycles. The lowest BCUT2D eigenvalue weighted by Crippen LogP contribution is -2.54. The van der Waals surface area contributed by atoms with E-state index in [0.717, 1.165) is 12.1 Å². The summed E-state index contributed by atoms with van der Waals surface area (Å²) >= 11 is 0. The average Bonchev–Trinajstić information content (AvgIpc) is 2.36. The fraction of sp³-hybridized carbons (Fsp3) is 0.571. The van der Waals surface area contributed by atoms with Gasteiger partial charge in [0.25, 0.3) is 0 Å². The van der Waals surface area contributed by atoms with Crippen LogP contribution in [0, 0.1) is 11.6 Å². The smallest absolute Gasteiger partial charge is 0.246 e. The number of halogens is 2. The molecule has 1 aliphatic heterocycles. The molecule has 1 saturated heterocycles. The molecule has 1 aliphatic rings. The van der Waals surface area contributed by atoms with Gasteiger partial charge in [-0.15, -0.1) is 0 Å². The van der Waals surface area contributed by atoms with Crippen LogP contribution >= 0.6 is 0 Å². The van der Waals surface area contributed by atoms with Gasteiger partial charge in [0.05, 0.1) is 0 Å². The number of sulfonamides is 1. The highest BCUT2D eigenvalue weighted by Gasteiger charge is 2.31. The molecule has 8 heteroatoms. The molecule has 22 heavy (non-hydrogen) atoms. The van der Waals surface area contributed by atoms with Crippen LogP contribution in [0.25, 0.3) is 0 Å². The van der Waals surface area contributed by atoms with Crippen molar-refractivity contribution < 1.29 is 17.2 Å². The van der Waals surface area contributed by atoms with Crippen LogP contribution in [0.15, 0.2) is 23.1 Å². The number of benzene rings is 1. The van der Waals surface area contributed by atoms with Gasteiger partial charge in [-0.05, 0) is 26.0 Å². The summed E-state index contributed by atoms with van der Waals surface area (Å²) in [5, 5.41) is 0. The predicted molar refractivity (Wildman–Crippen MR) is 79.8 cm³/mol. The third-order valence-electron chi connectivity index (χ3n) is 3.47. The summed E-state index contributed by atoms with van der Waals surface area (Å²) in [4.78, 5) is 1.59. The van der Waals surface area contributed by atoms with Crippen LogP contribution < -0.4 is 5.73 Å². The second-order valence-electron chi connectivity index (χ2n) is 6.24. The molecule has 1 aromatic rings. The van der Waals surface area contributed by atoms with Gasteiger partial charge >= 0.3 is 0 Å². The van der Waals surface area contributed by atoms with Gasteiger partial charge < -0.3 is 5.73 Å². The first kappa shape index (κ1) is 17.3. The average molecular weight is 333 g/mol. The van der Waals surface area contributed by atoms with Crippen molar-refractivity contribution in [1.29, 1.82) is 0 Å². The van der Waals surface area contributed by atoms with Gasteiger partial charge in [-0.3, -0.25) is 4.90 Å². The van der Waals surface area contributed by atoms with Gasteiger partial charge in [-0.1, -0.05) is 0 Å². The van der Waals surface area contributed by atoms with Crippen LogP contribution in [-0.2, 0) is 10.0 Å². The Morgan fingerprint density at radius 3 is 2.27 bits per heavy atom. The quantitative estimate of drug-likeness (QED) is 0.893. The summed E-state index contributed by atoms with van der Waals surface area (Å²) in [6, 6.07) is 2.50. The molecule has 0 spiro atoms. The number of nitrogens with zero attached hydrogens (tertiary/aromatic N) is 2. The Kier molecular flexibility index (Phi) is 4.86. The van der Waals surface area contributed by atoms with Crippen LogP contribution in [-0.4, -0.2) is 55.9 Å². The van der Waals surface area contributed by atoms with Crippen molar-refractivity contribution in [2.45, 2.75) is 24.3 Å². The van der Waals surface area contributed by atoms with Gasteiger partial charge in [-0.25, -0.2) is 17.2 Å². The maximum atomic E-state index is 13.7. The Morgan fingerprint density at radius 1 is 1.18 bits per heavy atom. The summed E-state index contributed by atoms with van der Waals surface area (Å²) in [5.41, 5.74) is 5.60. The lowest BCUT2D eigenvalue weighted by atomic mass is 10.1. The lowest BCUT2D eigenvalue weighted by Gasteiger charge is -2.37. The first-order valence-electron chi connectivity index (χ1n) is 7.06. The fourth-order valence-corrected chi connectivity index (χ4v) is 4.00. The summed E-state index contributed by atoms with van der Waals surface area (Å²) < 4.78 is 52.7. The Labute approximate surface area is 129 Å². The van der Waals surface area contributed by atoms with E-state index >= 15 is 0 Å². The maximum absolute atomic E-state index is 13.7. The summed E-state index contributed by atoms with van der Waals surface area (Å²) in [6.07, 6.45) is 0. The molecule has 5 nitrogen and oxygen atoms in total. The van der Waals surface area contributed by atoms with E-state index in [4.69, 9.17) is 5.73 Å². The van der Waals surface area contributed by atoms with Gasteiger partial charge in [0.1, 0.15) is 16.5 Å². The van der Waals surface area contributed by atoms with Crippen molar-refractivity contribution >= 4 is 10.0 Å². The van der Waals surface area contributed by atoms with Gasteiger partial charge in [0, 0.05) is 44.3 Å². The number of hydrogen-bond donors (Lipinski definition) is 1. The molecule has 0 unspecified atom stereocenters. The topological polar surface area (TPSA) is 66.6 Å². The number of piperazine rings is 1. The minimum absolute atomic E-state index is 0.259. The normalized spacial score (nSPS) is 18.6. The fourth-order valence-electron chi connectivity index (χ4n) is 2.53. The largest absolute Gasteiger partial charge is 0.324 e. The van der Waals surface area contributed by atoms with E-state index in [1.165, 1.54) is 4.31 Å². The monoisotopic (exact) mass is 333 g/mol. The number of rotatable bonds is 4. The highest BCUT2D eigenvalue weighted by atomic mass is 32.2. The minimum atomic E-state index is -3.94. The number of nitrogens with two attached hydrogens (primary N) is 1. The number of hydrogen-bond acceptors (Lipinski definition) is 4. The molecule has 0 aromatic heterocycles. The minimum Gasteiger partial charge on any atom is -0.324 e. The first-order chi connectivity index (χ1) is 10.1. The Bertz CT molecular complexity index is 636. The molecule has 1 heterocycles. The van der Waals surface area contributed by atoms with Crippen LogP contribution in [0.2, 0.25) is 0 Å². The molecule has 0 radical (unpaired) electrons. The molecule has 2 N–H and O–H groups in total. The maximum Gasteiger partial charge on any atom is 0.246 e. The highest BCUT2D eigenvalue weighted by Crippen LogP contribution is 2.21. The molecular formula is C14H21F2N3O2S. The van der Waals surface area contributed by atoms with E-state index in [-0.39, 0.29) is 18.6 Å². The Morgan fingerprint density at radius 2 is 1.77 bits per heavy atom. The van der Waals surface area contributed by atoms with Crippen molar-refractivity contribution in [1.82, 2.24) is 9.21 Å². The standard InChI is InChI=1S/C14H21F2N3O2S/c1-14(2,17)10-18-5-7-19(8-6-18)22(20,21)13-4-3-11(15)9-12(13)16/h3-4,9H,5-8,10,17H2,1-2H3. The van der Waals surface area contributed by atoms with Gasteiger partial charge in [0.15, 0.2) is 0 Å². The molecule has 0 atom stereocenters. The molecule has 2 rings (SSSR count). The summed E-state index contributed by atoms with van der Waals surface area (Å²) in [6.45, 7) is 6.05. The van der Waals surface area contributed by atoms with Crippen LogP contribution in [0.3, 0.4) is 0 Å². The summed E-state index contributed by atoms with van der Waals surface area (Å²) in [7, 11) is -3.94. The van der Waals surface area contributed by atoms with E-state index in [9.17, 15) is 17.2 Å². The van der Waals surface area contributed by atoms with Crippen molar-refractivity contribution in [3.8, 4) is 0 Å². The molecular weight excluding hydrogens is 312 g/mol. The van der Waals surface area contributed by atoms with E-state index in [2.05, 4.69) is 4.90 Å². The van der Waals surface area contributed by atoms with E-state index in [1.54, 1.807) is 0 Å². The zero-order valence-corrected chi connectivity index (χ0v) is 13.5. The Balaban J connectivity index is 2.10. The lowest BCUT2D eigenvalue weighted by molar-refractivity contribution is 0.162. The zero-order chi connectivity index (χ0) is 16.5. The van der Waals surface area contributed by atoms with E-state index in [0.29, 0.717) is 25.7 Å². The van der Waals surface area contributed by atoms with Crippen molar-refractivity contribution in [2.24, 2.45) is 5.73 Å².